The predicted octanol–water partition coefficient (Wildman–Crippen LogP) is 1.11. The van der Waals surface area contributed by atoms with E-state index < -0.39 is 42.0 Å². The highest BCUT2D eigenvalue weighted by Crippen LogP contribution is 2.20. The fraction of sp³-hybridized carbons (Fsp3) is 0.818. The molecule has 1 heterocycles. The number of nitrogens with one attached hydrogen (secondary N) is 2. The molecule has 3 amide bonds. The molecule has 0 bridgehead atoms. The average molecular weight is 441 g/mol. The van der Waals surface area contributed by atoms with Gasteiger partial charge in [-0.25, -0.2) is 4.79 Å². The number of nitrogens with zero attached hydrogens (tertiary/aromatic N) is 1. The summed E-state index contributed by atoms with van der Waals surface area (Å²) in [5, 5.41) is 14.7. The molecule has 0 spiro atoms. The monoisotopic (exact) mass is 440 g/mol. The lowest BCUT2D eigenvalue weighted by molar-refractivity contribution is -0.143. The summed E-state index contributed by atoms with van der Waals surface area (Å²) in [5.74, 6) is -2.22. The van der Waals surface area contributed by atoms with Gasteiger partial charge in [-0.1, -0.05) is 41.5 Å². The molecule has 31 heavy (non-hydrogen) atoms. The fourth-order valence-corrected chi connectivity index (χ4v) is 3.86. The smallest absolute Gasteiger partial charge is 0.326 e. The van der Waals surface area contributed by atoms with E-state index in [1.165, 1.54) is 4.90 Å². The van der Waals surface area contributed by atoms with E-state index in [1.807, 2.05) is 27.7 Å². The Morgan fingerprint density at radius 3 is 2.06 bits per heavy atom. The van der Waals surface area contributed by atoms with Gasteiger partial charge in [0.2, 0.25) is 17.7 Å². The molecule has 0 aromatic carbocycles. The van der Waals surface area contributed by atoms with Crippen LogP contribution in [0, 0.1) is 17.8 Å². The van der Waals surface area contributed by atoms with Crippen molar-refractivity contribution in [2.45, 2.75) is 91.4 Å². The molecule has 178 valence electrons. The zero-order valence-electron chi connectivity index (χ0n) is 19.7. The number of hydrogen-bond donors (Lipinski definition) is 4. The van der Waals surface area contributed by atoms with E-state index in [1.54, 1.807) is 13.8 Å². The Hall–Kier alpha value is -2.16. The van der Waals surface area contributed by atoms with Gasteiger partial charge < -0.3 is 26.4 Å². The first-order valence-corrected chi connectivity index (χ1v) is 11.2. The SMILES string of the molecule is CC(C)CC(N)C(=O)N1CCCC1C(=O)NC(C(=O)NC(CC(C)C)C(=O)O)C(C)C. The maximum atomic E-state index is 13.0. The Labute approximate surface area is 185 Å². The van der Waals surface area contributed by atoms with Gasteiger partial charge in [0.25, 0.3) is 0 Å². The molecule has 0 aliphatic carbocycles. The molecule has 0 saturated carbocycles. The quantitative estimate of drug-likeness (QED) is 0.379. The Morgan fingerprint density at radius 2 is 1.58 bits per heavy atom. The predicted molar refractivity (Wildman–Crippen MR) is 118 cm³/mol. The molecule has 1 rings (SSSR count). The van der Waals surface area contributed by atoms with Crippen LogP contribution in [0.1, 0.15) is 67.2 Å². The average Bonchev–Trinajstić information content (AvgIpc) is 3.13. The Bertz CT molecular complexity index is 650. The fourth-order valence-electron chi connectivity index (χ4n) is 3.86. The van der Waals surface area contributed by atoms with Crippen molar-refractivity contribution in [1.29, 1.82) is 0 Å². The minimum Gasteiger partial charge on any atom is -0.480 e. The number of likely N-dealkylation sites (tertiary alicyclic amines) is 1. The van der Waals surface area contributed by atoms with Gasteiger partial charge in [0.15, 0.2) is 0 Å². The summed E-state index contributed by atoms with van der Waals surface area (Å²) in [6, 6.07) is -3.26. The van der Waals surface area contributed by atoms with Crippen molar-refractivity contribution in [1.82, 2.24) is 15.5 Å². The van der Waals surface area contributed by atoms with Gasteiger partial charge in [0.1, 0.15) is 18.1 Å². The lowest BCUT2D eigenvalue weighted by atomic mass is 9.99. The van der Waals surface area contributed by atoms with E-state index in [2.05, 4.69) is 10.6 Å². The molecule has 0 aromatic heterocycles. The van der Waals surface area contributed by atoms with Crippen LogP contribution < -0.4 is 16.4 Å². The van der Waals surface area contributed by atoms with E-state index in [4.69, 9.17) is 5.73 Å². The van der Waals surface area contributed by atoms with E-state index in [0.29, 0.717) is 32.2 Å². The summed E-state index contributed by atoms with van der Waals surface area (Å²) in [6.45, 7) is 11.7. The maximum Gasteiger partial charge on any atom is 0.326 e. The van der Waals surface area contributed by atoms with Crippen molar-refractivity contribution in [3.05, 3.63) is 0 Å². The summed E-state index contributed by atoms with van der Waals surface area (Å²) in [6.07, 6.45) is 2.02. The first-order valence-electron chi connectivity index (χ1n) is 11.2. The van der Waals surface area contributed by atoms with Gasteiger partial charge in [-0.15, -0.1) is 0 Å². The second-order valence-electron chi connectivity index (χ2n) is 9.68. The zero-order chi connectivity index (χ0) is 23.9. The van der Waals surface area contributed by atoms with Gasteiger partial charge in [0.05, 0.1) is 6.04 Å². The minimum absolute atomic E-state index is 0.0848. The lowest BCUT2D eigenvalue weighted by Gasteiger charge is -2.30. The second kappa shape index (κ2) is 12.0. The first-order chi connectivity index (χ1) is 14.3. The summed E-state index contributed by atoms with van der Waals surface area (Å²) < 4.78 is 0. The number of amides is 3. The van der Waals surface area contributed by atoms with E-state index in [0.717, 1.165) is 0 Å². The molecule has 0 aromatic rings. The van der Waals surface area contributed by atoms with Crippen LogP contribution in [0.4, 0.5) is 0 Å². The van der Waals surface area contributed by atoms with Gasteiger partial charge in [0, 0.05) is 6.54 Å². The highest BCUT2D eigenvalue weighted by atomic mass is 16.4. The molecular formula is C22H40N4O5. The third-order valence-corrected chi connectivity index (χ3v) is 5.45. The molecule has 1 fully saturated rings. The van der Waals surface area contributed by atoms with Crippen LogP contribution in [0.5, 0.6) is 0 Å². The largest absolute Gasteiger partial charge is 0.480 e. The molecular weight excluding hydrogens is 400 g/mol. The normalized spacial score (nSPS) is 19.4. The highest BCUT2D eigenvalue weighted by molar-refractivity contribution is 5.94. The number of hydrogen-bond acceptors (Lipinski definition) is 5. The number of carboxylic acid groups (broad SMARTS) is 1. The van der Waals surface area contributed by atoms with Gasteiger partial charge in [-0.2, -0.15) is 0 Å². The number of carboxylic acids is 1. The summed E-state index contributed by atoms with van der Waals surface area (Å²) in [7, 11) is 0. The van der Waals surface area contributed by atoms with Gasteiger partial charge in [-0.3, -0.25) is 14.4 Å². The zero-order valence-corrected chi connectivity index (χ0v) is 19.7. The van der Waals surface area contributed by atoms with Crippen LogP contribution in [0.25, 0.3) is 0 Å². The third kappa shape index (κ3) is 8.12. The van der Waals surface area contributed by atoms with E-state index in [-0.39, 0.29) is 23.7 Å². The Kier molecular flexibility index (Phi) is 10.4. The van der Waals surface area contributed by atoms with E-state index >= 15 is 0 Å². The Morgan fingerprint density at radius 1 is 1.00 bits per heavy atom. The van der Waals surface area contributed by atoms with Crippen molar-refractivity contribution in [3.63, 3.8) is 0 Å². The molecule has 4 atom stereocenters. The third-order valence-electron chi connectivity index (χ3n) is 5.45. The van der Waals surface area contributed by atoms with Crippen molar-refractivity contribution in [3.8, 4) is 0 Å². The summed E-state index contributed by atoms with van der Waals surface area (Å²) in [5.41, 5.74) is 6.04. The van der Waals surface area contributed by atoms with Crippen LogP contribution in [-0.4, -0.2) is 64.4 Å². The van der Waals surface area contributed by atoms with E-state index in [9.17, 15) is 24.3 Å². The topological polar surface area (TPSA) is 142 Å². The van der Waals surface area contributed by atoms with Crippen molar-refractivity contribution >= 4 is 23.7 Å². The number of rotatable bonds is 11. The molecule has 1 saturated heterocycles. The highest BCUT2D eigenvalue weighted by Gasteiger charge is 2.38. The minimum atomic E-state index is -1.11. The second-order valence-corrected chi connectivity index (χ2v) is 9.68. The standard InChI is InChI=1S/C22H40N4O5/c1-12(2)10-15(23)21(29)26-9-7-8-17(26)19(27)25-18(14(5)6)20(28)24-16(22(30)31)11-13(3)4/h12-18H,7-11,23H2,1-6H3,(H,24,28)(H,25,27)(H,30,31). The van der Waals surface area contributed by atoms with Crippen LogP contribution >= 0.6 is 0 Å². The summed E-state index contributed by atoms with van der Waals surface area (Å²) in [4.78, 5) is 51.5. The number of carbonyl (C=O) groups excluding carboxylic acids is 3. The lowest BCUT2D eigenvalue weighted by Crippen LogP contribution is -2.58. The van der Waals surface area contributed by atoms with Crippen molar-refractivity contribution < 1.29 is 24.3 Å². The number of nitrogens with two attached hydrogens (primary N) is 1. The molecule has 0 radical (unpaired) electrons. The summed E-state index contributed by atoms with van der Waals surface area (Å²) >= 11 is 0. The molecule has 5 N–H and O–H groups in total. The van der Waals surface area contributed by atoms with Crippen molar-refractivity contribution in [2.24, 2.45) is 23.5 Å². The van der Waals surface area contributed by atoms with Crippen LogP contribution in [-0.2, 0) is 19.2 Å². The molecule has 1 aliphatic rings. The molecule has 9 heteroatoms. The van der Waals surface area contributed by atoms with Crippen molar-refractivity contribution in [2.75, 3.05) is 6.54 Å². The van der Waals surface area contributed by atoms with Crippen LogP contribution in [0.3, 0.4) is 0 Å². The first kappa shape index (κ1) is 26.9. The van der Waals surface area contributed by atoms with Gasteiger partial charge in [-0.05, 0) is 43.4 Å². The Balaban J connectivity index is 2.87. The number of aliphatic carboxylic acids is 1. The van der Waals surface area contributed by atoms with Gasteiger partial charge >= 0.3 is 5.97 Å². The molecule has 1 aliphatic heterocycles. The number of carbonyl (C=O) groups is 4. The van der Waals surface area contributed by atoms with Crippen LogP contribution in [0.15, 0.2) is 0 Å². The molecule has 9 nitrogen and oxygen atoms in total. The maximum absolute atomic E-state index is 13.0. The molecule has 4 unspecified atom stereocenters. The van der Waals surface area contributed by atoms with Crippen LogP contribution in [0.2, 0.25) is 0 Å².